The van der Waals surface area contributed by atoms with Gasteiger partial charge in [0.05, 0.1) is 10.7 Å². The van der Waals surface area contributed by atoms with Gasteiger partial charge in [0.15, 0.2) is 0 Å². The molecule has 4 heteroatoms. The molecule has 16 heavy (non-hydrogen) atoms. The second-order valence-corrected chi connectivity index (χ2v) is 4.97. The Labute approximate surface area is 105 Å². The van der Waals surface area contributed by atoms with Crippen molar-refractivity contribution in [2.24, 2.45) is 5.73 Å². The first-order valence-electron chi connectivity index (χ1n) is 4.90. The van der Waals surface area contributed by atoms with Crippen LogP contribution in [-0.2, 0) is 0 Å². The number of alkyl halides is 1. The van der Waals surface area contributed by atoms with E-state index in [9.17, 15) is 0 Å². The summed E-state index contributed by atoms with van der Waals surface area (Å²) < 4.78 is 0. The summed E-state index contributed by atoms with van der Waals surface area (Å²) in [4.78, 5) is -0.763. The van der Waals surface area contributed by atoms with Gasteiger partial charge in [0.25, 0.3) is 0 Å². The average molecular weight is 255 g/mol. The number of hydrogen-bond acceptors (Lipinski definition) is 2. The van der Waals surface area contributed by atoms with Crippen molar-refractivity contribution in [1.82, 2.24) is 0 Å². The van der Waals surface area contributed by atoms with Gasteiger partial charge in [-0.25, -0.2) is 0 Å². The summed E-state index contributed by atoms with van der Waals surface area (Å²) in [6.07, 6.45) is 6.28. The Balaban J connectivity index is 2.30. The maximum atomic E-state index is 5.98. The lowest BCUT2D eigenvalue weighted by Crippen LogP contribution is -2.30. The topological polar surface area (TPSA) is 52.0 Å². The molecule has 4 N–H and O–H groups in total. The minimum Gasteiger partial charge on any atom is -0.398 e. The van der Waals surface area contributed by atoms with Crippen molar-refractivity contribution < 1.29 is 0 Å². The largest absolute Gasteiger partial charge is 0.398 e. The zero-order chi connectivity index (χ0) is 11.8. The summed E-state index contributed by atoms with van der Waals surface area (Å²) in [7, 11) is 0. The van der Waals surface area contributed by atoms with Gasteiger partial charge >= 0.3 is 0 Å². The summed E-state index contributed by atoms with van der Waals surface area (Å²) >= 11 is 11.9. The molecule has 0 amide bonds. The van der Waals surface area contributed by atoms with E-state index in [1.165, 1.54) is 0 Å². The van der Waals surface area contributed by atoms with E-state index < -0.39 is 5.00 Å². The van der Waals surface area contributed by atoms with Crippen LogP contribution >= 0.6 is 23.2 Å². The van der Waals surface area contributed by atoms with E-state index in [1.807, 2.05) is 24.3 Å². The smallest absolute Gasteiger partial charge is 0.113 e. The van der Waals surface area contributed by atoms with Gasteiger partial charge in [-0.05, 0) is 29.3 Å². The van der Waals surface area contributed by atoms with Crippen LogP contribution in [0.2, 0.25) is 5.02 Å². The molecule has 0 heterocycles. The van der Waals surface area contributed by atoms with Crippen LogP contribution in [-0.4, -0.2) is 5.00 Å². The van der Waals surface area contributed by atoms with Gasteiger partial charge in [0.2, 0.25) is 0 Å². The van der Waals surface area contributed by atoms with Crippen molar-refractivity contribution in [3.05, 3.63) is 47.0 Å². The molecule has 0 aromatic heterocycles. The van der Waals surface area contributed by atoms with E-state index in [2.05, 4.69) is 0 Å². The zero-order valence-electron chi connectivity index (χ0n) is 8.58. The predicted molar refractivity (Wildman–Crippen MR) is 70.4 cm³/mol. The van der Waals surface area contributed by atoms with E-state index >= 15 is 0 Å². The van der Waals surface area contributed by atoms with Crippen LogP contribution in [0, 0.1) is 0 Å². The Kier molecular flexibility index (Phi) is 2.98. The number of hydrogen-bond donors (Lipinski definition) is 2. The van der Waals surface area contributed by atoms with Crippen LogP contribution in [0.3, 0.4) is 0 Å². The van der Waals surface area contributed by atoms with Crippen molar-refractivity contribution in [2.45, 2.75) is 11.4 Å². The third kappa shape index (κ3) is 2.40. The standard InChI is InChI=1S/C12H12Cl2N2/c13-10-7-9(1-2-11(10)15)8-3-5-12(14,16)6-4-8/h1-5,7H,6,15-16H2. The maximum absolute atomic E-state index is 5.98. The van der Waals surface area contributed by atoms with Crippen LogP contribution in [0.25, 0.3) is 5.57 Å². The van der Waals surface area contributed by atoms with Gasteiger partial charge < -0.3 is 11.5 Å². The lowest BCUT2D eigenvalue weighted by atomic mass is 9.97. The van der Waals surface area contributed by atoms with Gasteiger partial charge in [-0.15, -0.1) is 0 Å². The first-order valence-corrected chi connectivity index (χ1v) is 5.66. The number of benzene rings is 1. The minimum atomic E-state index is -0.763. The van der Waals surface area contributed by atoms with Crippen LogP contribution in [0.1, 0.15) is 12.0 Å². The maximum Gasteiger partial charge on any atom is 0.113 e. The number of anilines is 1. The molecule has 1 atom stereocenters. The van der Waals surface area contributed by atoms with Crippen LogP contribution in [0.15, 0.2) is 36.4 Å². The molecule has 0 saturated heterocycles. The molecule has 1 aromatic rings. The van der Waals surface area contributed by atoms with E-state index in [0.717, 1.165) is 11.1 Å². The first kappa shape index (κ1) is 11.5. The van der Waals surface area contributed by atoms with Crippen LogP contribution < -0.4 is 11.5 Å². The van der Waals surface area contributed by atoms with Crippen molar-refractivity contribution in [2.75, 3.05) is 5.73 Å². The Morgan fingerprint density at radius 1 is 1.31 bits per heavy atom. The Bertz CT molecular complexity index is 476. The summed E-state index contributed by atoms with van der Waals surface area (Å²) in [5.41, 5.74) is 14.1. The molecule has 0 saturated carbocycles. The summed E-state index contributed by atoms with van der Waals surface area (Å²) in [5, 5.41) is 0.558. The molecule has 1 aliphatic rings. The van der Waals surface area contributed by atoms with E-state index in [0.29, 0.717) is 17.1 Å². The highest BCUT2D eigenvalue weighted by Gasteiger charge is 2.19. The number of rotatable bonds is 1. The normalized spacial score (nSPS) is 24.3. The molecule has 1 aliphatic carbocycles. The molecule has 0 fully saturated rings. The molecule has 0 bridgehead atoms. The molecule has 0 aliphatic heterocycles. The number of nitrogen functional groups attached to an aromatic ring is 1. The number of allylic oxidation sites excluding steroid dienone is 2. The lowest BCUT2D eigenvalue weighted by Gasteiger charge is -2.20. The van der Waals surface area contributed by atoms with Crippen molar-refractivity contribution in [3.63, 3.8) is 0 Å². The number of halogens is 2. The van der Waals surface area contributed by atoms with Crippen molar-refractivity contribution in [3.8, 4) is 0 Å². The summed E-state index contributed by atoms with van der Waals surface area (Å²) in [6.45, 7) is 0. The molecule has 0 radical (unpaired) electrons. The number of nitrogens with two attached hydrogens (primary N) is 2. The second-order valence-electron chi connectivity index (χ2n) is 3.86. The first-order chi connectivity index (χ1) is 7.48. The second kappa shape index (κ2) is 4.13. The molecule has 1 unspecified atom stereocenters. The summed E-state index contributed by atoms with van der Waals surface area (Å²) in [6, 6.07) is 5.55. The molecule has 2 nitrogen and oxygen atoms in total. The van der Waals surface area contributed by atoms with Gasteiger partial charge in [-0.2, -0.15) is 0 Å². The van der Waals surface area contributed by atoms with E-state index in [4.69, 9.17) is 34.7 Å². The van der Waals surface area contributed by atoms with Crippen LogP contribution in [0.5, 0.6) is 0 Å². The fraction of sp³-hybridized carbons (Fsp3) is 0.167. The van der Waals surface area contributed by atoms with Gasteiger partial charge in [0.1, 0.15) is 5.00 Å². The third-order valence-corrected chi connectivity index (χ3v) is 3.12. The highest BCUT2D eigenvalue weighted by Crippen LogP contribution is 2.30. The fourth-order valence-electron chi connectivity index (χ4n) is 1.55. The molecule has 0 spiro atoms. The minimum absolute atomic E-state index is 0.558. The summed E-state index contributed by atoms with van der Waals surface area (Å²) in [5.74, 6) is 0. The van der Waals surface area contributed by atoms with E-state index in [-0.39, 0.29) is 0 Å². The van der Waals surface area contributed by atoms with Gasteiger partial charge in [-0.3, -0.25) is 0 Å². The highest BCUT2D eigenvalue weighted by atomic mass is 35.5. The Morgan fingerprint density at radius 3 is 2.62 bits per heavy atom. The Morgan fingerprint density at radius 2 is 2.06 bits per heavy atom. The average Bonchev–Trinajstić information content (AvgIpc) is 2.22. The van der Waals surface area contributed by atoms with Crippen molar-refractivity contribution >= 4 is 34.5 Å². The van der Waals surface area contributed by atoms with Gasteiger partial charge in [-0.1, -0.05) is 41.4 Å². The zero-order valence-corrected chi connectivity index (χ0v) is 10.1. The SMILES string of the molecule is Nc1ccc(C2=CCC(N)(Cl)C=C2)cc1Cl. The Hall–Kier alpha value is -0.960. The highest BCUT2D eigenvalue weighted by molar-refractivity contribution is 6.33. The quantitative estimate of drug-likeness (QED) is 0.460. The van der Waals surface area contributed by atoms with Gasteiger partial charge in [0, 0.05) is 6.42 Å². The predicted octanol–water partition coefficient (Wildman–Crippen LogP) is 3.16. The fourth-order valence-corrected chi connectivity index (χ4v) is 1.87. The molecule has 1 aromatic carbocycles. The molecular weight excluding hydrogens is 243 g/mol. The van der Waals surface area contributed by atoms with Crippen LogP contribution in [0.4, 0.5) is 5.69 Å². The van der Waals surface area contributed by atoms with Crippen molar-refractivity contribution in [1.29, 1.82) is 0 Å². The lowest BCUT2D eigenvalue weighted by molar-refractivity contribution is 0.745. The molecule has 84 valence electrons. The monoisotopic (exact) mass is 254 g/mol. The molecular formula is C12H12Cl2N2. The molecule has 2 rings (SSSR count). The third-order valence-electron chi connectivity index (χ3n) is 2.51. The van der Waals surface area contributed by atoms with E-state index in [1.54, 1.807) is 12.1 Å².